The van der Waals surface area contributed by atoms with E-state index in [4.69, 9.17) is 4.42 Å². The molecule has 0 aliphatic rings. The molecule has 0 saturated carbocycles. The van der Waals surface area contributed by atoms with Gasteiger partial charge in [0.1, 0.15) is 0 Å². The summed E-state index contributed by atoms with van der Waals surface area (Å²) in [6.45, 7) is 3.28. The zero-order valence-corrected chi connectivity index (χ0v) is 11.0. The maximum Gasteiger partial charge on any atom is 0.315 e. The van der Waals surface area contributed by atoms with E-state index in [2.05, 4.69) is 22.1 Å². The van der Waals surface area contributed by atoms with Crippen LogP contribution in [-0.4, -0.2) is 12.6 Å². The molecule has 18 heavy (non-hydrogen) atoms. The summed E-state index contributed by atoms with van der Waals surface area (Å²) >= 11 is 1.63. The zero-order valence-electron chi connectivity index (χ0n) is 10.2. The smallest absolute Gasteiger partial charge is 0.315 e. The summed E-state index contributed by atoms with van der Waals surface area (Å²) in [6.07, 6.45) is 4.31. The molecule has 0 bridgehead atoms. The lowest BCUT2D eigenvalue weighted by atomic mass is 10.2. The number of carbonyl (C=O) groups is 1. The van der Waals surface area contributed by atoms with Crippen LogP contribution in [0.3, 0.4) is 0 Å². The molecule has 0 radical (unpaired) electrons. The van der Waals surface area contributed by atoms with Crippen molar-refractivity contribution in [3.05, 3.63) is 34.9 Å². The Bertz CT molecular complexity index is 491. The van der Waals surface area contributed by atoms with Crippen molar-refractivity contribution in [2.45, 2.75) is 19.9 Å². The largest absolute Gasteiger partial charge is 0.472 e. The van der Waals surface area contributed by atoms with Crippen molar-refractivity contribution in [3.63, 3.8) is 0 Å². The van der Waals surface area contributed by atoms with Crippen LogP contribution in [0.4, 0.5) is 4.79 Å². The van der Waals surface area contributed by atoms with Crippen LogP contribution in [-0.2, 0) is 6.54 Å². The highest BCUT2D eigenvalue weighted by molar-refractivity contribution is 7.10. The third-order valence-corrected chi connectivity index (χ3v) is 3.40. The fourth-order valence-electron chi connectivity index (χ4n) is 1.52. The quantitative estimate of drug-likeness (QED) is 0.871. The summed E-state index contributed by atoms with van der Waals surface area (Å²) in [5.41, 5.74) is 2.19. The van der Waals surface area contributed by atoms with Gasteiger partial charge in [-0.15, -0.1) is 11.3 Å². The van der Waals surface area contributed by atoms with Crippen LogP contribution in [0.15, 0.2) is 34.5 Å². The molecule has 0 fully saturated rings. The molecular formula is C13H16N2O2S. The molecule has 5 heteroatoms. The Kier molecular flexibility index (Phi) is 4.41. The fraction of sp³-hybridized carbons (Fsp3) is 0.308. The molecule has 96 valence electrons. The van der Waals surface area contributed by atoms with E-state index in [-0.39, 0.29) is 6.03 Å². The highest BCUT2D eigenvalue weighted by Crippen LogP contribution is 2.25. The molecule has 2 rings (SSSR count). The lowest BCUT2D eigenvalue weighted by Gasteiger charge is -2.04. The first kappa shape index (κ1) is 12.7. The van der Waals surface area contributed by atoms with Gasteiger partial charge in [-0.25, -0.2) is 4.79 Å². The molecule has 2 heterocycles. The average Bonchev–Trinajstić information content (AvgIpc) is 3.03. The van der Waals surface area contributed by atoms with Crippen molar-refractivity contribution in [2.75, 3.05) is 6.54 Å². The number of urea groups is 1. The molecule has 2 N–H and O–H groups in total. The van der Waals surface area contributed by atoms with Crippen LogP contribution in [0.25, 0.3) is 11.1 Å². The summed E-state index contributed by atoms with van der Waals surface area (Å²) in [7, 11) is 0. The highest BCUT2D eigenvalue weighted by atomic mass is 32.1. The molecular weight excluding hydrogens is 248 g/mol. The van der Waals surface area contributed by atoms with Crippen LogP contribution < -0.4 is 10.6 Å². The lowest BCUT2D eigenvalue weighted by Crippen LogP contribution is -2.35. The van der Waals surface area contributed by atoms with E-state index in [0.29, 0.717) is 13.1 Å². The number of hydrogen-bond acceptors (Lipinski definition) is 3. The molecule has 4 nitrogen and oxygen atoms in total. The first-order valence-corrected chi connectivity index (χ1v) is 6.79. The lowest BCUT2D eigenvalue weighted by molar-refractivity contribution is 0.240. The Morgan fingerprint density at radius 3 is 3.00 bits per heavy atom. The van der Waals surface area contributed by atoms with Gasteiger partial charge in [0.15, 0.2) is 0 Å². The molecule has 0 aliphatic carbocycles. The van der Waals surface area contributed by atoms with Gasteiger partial charge in [0.25, 0.3) is 0 Å². The number of nitrogens with one attached hydrogen (secondary N) is 2. The molecule has 2 aromatic rings. The van der Waals surface area contributed by atoms with Crippen molar-refractivity contribution in [2.24, 2.45) is 0 Å². The summed E-state index contributed by atoms with van der Waals surface area (Å²) in [5, 5.41) is 7.67. The SMILES string of the molecule is CCCNC(=O)NCc1cc(-c2ccoc2)cs1. The van der Waals surface area contributed by atoms with Gasteiger partial charge in [-0.05, 0) is 29.5 Å². The summed E-state index contributed by atoms with van der Waals surface area (Å²) in [6, 6.07) is 3.87. The number of furan rings is 1. The normalized spacial score (nSPS) is 10.3. The summed E-state index contributed by atoms with van der Waals surface area (Å²) < 4.78 is 5.05. The van der Waals surface area contributed by atoms with Crippen LogP contribution in [0.5, 0.6) is 0 Å². The van der Waals surface area contributed by atoms with E-state index in [0.717, 1.165) is 22.4 Å². The van der Waals surface area contributed by atoms with Crippen LogP contribution in [0.1, 0.15) is 18.2 Å². The minimum atomic E-state index is -0.116. The zero-order chi connectivity index (χ0) is 12.8. The maximum atomic E-state index is 11.4. The topological polar surface area (TPSA) is 54.3 Å². The minimum absolute atomic E-state index is 0.116. The number of carbonyl (C=O) groups excluding carboxylic acids is 1. The predicted octanol–water partition coefficient (Wildman–Crippen LogP) is 3.22. The van der Waals surface area contributed by atoms with E-state index in [1.165, 1.54) is 0 Å². The van der Waals surface area contributed by atoms with Gasteiger partial charge in [0.05, 0.1) is 19.1 Å². The van der Waals surface area contributed by atoms with Gasteiger partial charge >= 0.3 is 6.03 Å². The minimum Gasteiger partial charge on any atom is -0.472 e. The van der Waals surface area contributed by atoms with Crippen molar-refractivity contribution in [3.8, 4) is 11.1 Å². The van der Waals surface area contributed by atoms with Gasteiger partial charge in [0.2, 0.25) is 0 Å². The van der Waals surface area contributed by atoms with Crippen molar-refractivity contribution >= 4 is 17.4 Å². The molecule has 2 amide bonds. The Balaban J connectivity index is 1.86. The Labute approximate surface area is 110 Å². The van der Waals surface area contributed by atoms with Crippen molar-refractivity contribution in [1.29, 1.82) is 0 Å². The van der Waals surface area contributed by atoms with Gasteiger partial charge in [0, 0.05) is 17.0 Å². The third-order valence-electron chi connectivity index (χ3n) is 2.47. The van der Waals surface area contributed by atoms with Gasteiger partial charge in [-0.1, -0.05) is 6.92 Å². The van der Waals surface area contributed by atoms with E-state index in [1.807, 2.05) is 13.0 Å². The molecule has 0 aromatic carbocycles. The van der Waals surface area contributed by atoms with E-state index in [1.54, 1.807) is 23.9 Å². The van der Waals surface area contributed by atoms with E-state index in [9.17, 15) is 4.79 Å². The van der Waals surface area contributed by atoms with Crippen molar-refractivity contribution in [1.82, 2.24) is 10.6 Å². The third kappa shape index (κ3) is 3.37. The highest BCUT2D eigenvalue weighted by Gasteiger charge is 2.05. The first-order chi connectivity index (χ1) is 8.79. The number of thiophene rings is 1. The Hall–Kier alpha value is -1.75. The Morgan fingerprint density at radius 1 is 1.39 bits per heavy atom. The second-order valence-electron chi connectivity index (χ2n) is 3.92. The Morgan fingerprint density at radius 2 is 2.28 bits per heavy atom. The average molecular weight is 264 g/mol. The predicted molar refractivity (Wildman–Crippen MR) is 72.6 cm³/mol. The van der Waals surface area contributed by atoms with E-state index >= 15 is 0 Å². The fourth-order valence-corrected chi connectivity index (χ4v) is 2.35. The molecule has 0 spiro atoms. The first-order valence-electron chi connectivity index (χ1n) is 5.91. The summed E-state index contributed by atoms with van der Waals surface area (Å²) in [4.78, 5) is 12.5. The van der Waals surface area contributed by atoms with Crippen LogP contribution in [0.2, 0.25) is 0 Å². The number of amides is 2. The molecule has 2 aromatic heterocycles. The molecule has 0 aliphatic heterocycles. The monoisotopic (exact) mass is 264 g/mol. The number of rotatable bonds is 5. The maximum absolute atomic E-state index is 11.4. The molecule has 0 atom stereocenters. The molecule has 0 saturated heterocycles. The molecule has 0 unspecified atom stereocenters. The second kappa shape index (κ2) is 6.26. The van der Waals surface area contributed by atoms with Crippen molar-refractivity contribution < 1.29 is 9.21 Å². The van der Waals surface area contributed by atoms with Crippen LogP contribution in [0, 0.1) is 0 Å². The van der Waals surface area contributed by atoms with Gasteiger partial charge in [-0.2, -0.15) is 0 Å². The van der Waals surface area contributed by atoms with Gasteiger partial charge in [-0.3, -0.25) is 0 Å². The number of hydrogen-bond donors (Lipinski definition) is 2. The summed E-state index contributed by atoms with van der Waals surface area (Å²) in [5.74, 6) is 0. The van der Waals surface area contributed by atoms with Gasteiger partial charge < -0.3 is 15.1 Å². The second-order valence-corrected chi connectivity index (χ2v) is 4.92. The standard InChI is InChI=1S/C13H16N2O2S/c1-2-4-14-13(16)15-7-12-6-11(9-18-12)10-3-5-17-8-10/h3,5-6,8-9H,2,4,7H2,1H3,(H2,14,15,16). The van der Waals surface area contributed by atoms with Crippen LogP contribution >= 0.6 is 11.3 Å². The van der Waals surface area contributed by atoms with E-state index < -0.39 is 0 Å².